The predicted octanol–water partition coefficient (Wildman–Crippen LogP) is 6.33. The Morgan fingerprint density at radius 3 is 2.58 bits per heavy atom. The van der Waals surface area contributed by atoms with Crippen molar-refractivity contribution < 1.29 is 13.4 Å². The van der Waals surface area contributed by atoms with Crippen LogP contribution >= 0.6 is 11.6 Å². The summed E-state index contributed by atoms with van der Waals surface area (Å²) in [5, 5.41) is 6.43. The number of allylic oxidation sites excluding steroid dienone is 2. The predicted molar refractivity (Wildman–Crippen MR) is 151 cm³/mol. The zero-order valence-corrected chi connectivity index (χ0v) is 22.0. The van der Waals surface area contributed by atoms with Crippen LogP contribution in [-0.4, -0.2) is 24.7 Å². The van der Waals surface area contributed by atoms with Crippen molar-refractivity contribution in [1.29, 1.82) is 0 Å². The molecule has 1 aliphatic heterocycles. The lowest BCUT2D eigenvalue weighted by Crippen LogP contribution is -2.12. The molecule has 11 heteroatoms. The Morgan fingerprint density at radius 1 is 1.18 bits per heavy atom. The summed E-state index contributed by atoms with van der Waals surface area (Å²) in [7, 11) is -0.920. The fourth-order valence-electron chi connectivity index (χ4n) is 4.21. The highest BCUT2D eigenvalue weighted by Crippen LogP contribution is 2.44. The van der Waals surface area contributed by atoms with Crippen molar-refractivity contribution in [3.05, 3.63) is 88.7 Å². The monoisotopic (exact) mass is 548 g/mol. The van der Waals surface area contributed by atoms with Crippen molar-refractivity contribution in [2.45, 2.75) is 6.92 Å². The third-order valence-electron chi connectivity index (χ3n) is 6.00. The SMILES string of the molecule is C=C(C)C(=O)Nc1ccc(-c2c(-c3ccc(N=S4(=O)C=CC=C4)c(Cl)c3)c3c(N)ncnc3n2C)c(F)c1. The molecule has 5 rings (SSSR count). The normalized spacial score (nSPS) is 13.7. The number of nitrogens with zero attached hydrogens (tertiary/aromatic N) is 4. The van der Waals surface area contributed by atoms with Crippen molar-refractivity contribution >= 4 is 55.5 Å². The molecule has 192 valence electrons. The molecule has 2 aromatic heterocycles. The van der Waals surface area contributed by atoms with Crippen LogP contribution in [0.5, 0.6) is 0 Å². The molecule has 0 unspecified atom stereocenters. The lowest BCUT2D eigenvalue weighted by molar-refractivity contribution is -0.112. The number of nitrogens with two attached hydrogens (primary N) is 1. The number of fused-ring (bicyclic) bond motifs is 1. The summed E-state index contributed by atoms with van der Waals surface area (Å²) in [6, 6.07) is 9.47. The summed E-state index contributed by atoms with van der Waals surface area (Å²) in [5.74, 6) is -0.764. The number of nitrogen functional groups attached to an aromatic ring is 1. The molecule has 3 heterocycles. The molecule has 3 N–H and O–H groups in total. The van der Waals surface area contributed by atoms with Crippen LogP contribution in [0, 0.1) is 5.82 Å². The molecule has 0 saturated heterocycles. The summed E-state index contributed by atoms with van der Waals surface area (Å²) >= 11 is 6.58. The molecule has 1 amide bonds. The van der Waals surface area contributed by atoms with Gasteiger partial charge in [-0.1, -0.05) is 36.4 Å². The van der Waals surface area contributed by atoms with Gasteiger partial charge in [0.25, 0.3) is 5.91 Å². The van der Waals surface area contributed by atoms with E-state index in [0.717, 1.165) is 0 Å². The highest BCUT2D eigenvalue weighted by molar-refractivity contribution is 7.99. The Kier molecular flexibility index (Phi) is 6.38. The zero-order chi connectivity index (χ0) is 27.2. The Labute approximate surface area is 223 Å². The van der Waals surface area contributed by atoms with E-state index in [1.165, 1.54) is 23.2 Å². The van der Waals surface area contributed by atoms with Crippen LogP contribution in [0.2, 0.25) is 5.02 Å². The lowest BCUT2D eigenvalue weighted by Gasteiger charge is -2.12. The number of halogens is 2. The number of carbonyl (C=O) groups excluding carboxylic acids is 1. The largest absolute Gasteiger partial charge is 0.383 e. The maximum atomic E-state index is 15.6. The van der Waals surface area contributed by atoms with Gasteiger partial charge in [-0.15, -0.1) is 0 Å². The molecule has 0 atom stereocenters. The summed E-state index contributed by atoms with van der Waals surface area (Å²) in [6.07, 6.45) is 4.68. The van der Waals surface area contributed by atoms with E-state index in [1.807, 2.05) is 0 Å². The third kappa shape index (κ3) is 4.48. The standard InChI is InChI=1S/C27H22ClFN6O2S/c1-15(2)27(36)33-17-7-8-18(20(29)13-17)24-22(23-25(30)31-14-32-26(23)35(24)3)16-6-9-21(19(28)12-16)34-38(37)10-4-5-11-38/h4-14H,1H2,2-3H3,(H,33,36)(H2,30,31,32). The lowest BCUT2D eigenvalue weighted by atomic mass is 9.98. The van der Waals surface area contributed by atoms with Crippen LogP contribution < -0.4 is 11.1 Å². The molecule has 2 aromatic carbocycles. The summed E-state index contributed by atoms with van der Waals surface area (Å²) in [5.41, 5.74) is 9.63. The van der Waals surface area contributed by atoms with Gasteiger partial charge in [-0.25, -0.2) is 18.6 Å². The average molecular weight is 549 g/mol. The first kappa shape index (κ1) is 25.4. The number of rotatable bonds is 5. The molecule has 0 bridgehead atoms. The van der Waals surface area contributed by atoms with Gasteiger partial charge in [0.1, 0.15) is 23.6 Å². The number of benzene rings is 2. The molecule has 0 aliphatic carbocycles. The van der Waals surface area contributed by atoms with Crippen molar-refractivity contribution in [1.82, 2.24) is 14.5 Å². The molecule has 0 radical (unpaired) electrons. The van der Waals surface area contributed by atoms with Gasteiger partial charge in [0.2, 0.25) is 0 Å². The molecule has 8 nitrogen and oxygen atoms in total. The van der Waals surface area contributed by atoms with Crippen molar-refractivity contribution in [2.24, 2.45) is 11.4 Å². The van der Waals surface area contributed by atoms with Gasteiger partial charge in [0.05, 0.1) is 31.5 Å². The second kappa shape index (κ2) is 9.55. The second-order valence-corrected chi connectivity index (χ2v) is 11.1. The van der Waals surface area contributed by atoms with E-state index in [-0.39, 0.29) is 22.1 Å². The average Bonchev–Trinajstić information content (AvgIpc) is 3.42. The minimum atomic E-state index is -2.67. The van der Waals surface area contributed by atoms with Gasteiger partial charge in [-0.3, -0.25) is 4.79 Å². The van der Waals surface area contributed by atoms with E-state index in [4.69, 9.17) is 17.3 Å². The van der Waals surface area contributed by atoms with E-state index in [1.54, 1.807) is 61.0 Å². The van der Waals surface area contributed by atoms with Crippen LogP contribution in [0.1, 0.15) is 6.92 Å². The first-order chi connectivity index (χ1) is 18.1. The third-order valence-corrected chi connectivity index (χ3v) is 7.88. The number of nitrogens with one attached hydrogen (secondary N) is 1. The van der Waals surface area contributed by atoms with Crippen LogP contribution in [0.15, 0.2) is 82.2 Å². The number of hydrogen-bond donors (Lipinski definition) is 2. The highest BCUT2D eigenvalue weighted by atomic mass is 35.5. The first-order valence-electron chi connectivity index (χ1n) is 11.4. The molecule has 0 saturated carbocycles. The Morgan fingerprint density at radius 2 is 1.92 bits per heavy atom. The number of amides is 1. The van der Waals surface area contributed by atoms with E-state index in [0.29, 0.717) is 39.1 Å². The zero-order valence-electron chi connectivity index (χ0n) is 20.4. The van der Waals surface area contributed by atoms with Crippen molar-refractivity contribution in [3.63, 3.8) is 0 Å². The molecule has 1 aliphatic rings. The first-order valence-corrected chi connectivity index (χ1v) is 13.4. The van der Waals surface area contributed by atoms with E-state index in [2.05, 4.69) is 26.2 Å². The molecule has 0 spiro atoms. The van der Waals surface area contributed by atoms with Crippen LogP contribution in [-0.2, 0) is 21.6 Å². The Hall–Kier alpha value is -4.28. The Bertz CT molecular complexity index is 1830. The number of aryl methyl sites for hydroxylation is 1. The van der Waals surface area contributed by atoms with Gasteiger partial charge in [0.15, 0.2) is 0 Å². The highest BCUT2D eigenvalue weighted by Gasteiger charge is 2.24. The number of anilines is 2. The minimum Gasteiger partial charge on any atom is -0.383 e. The quantitative estimate of drug-likeness (QED) is 0.283. The van der Waals surface area contributed by atoms with Crippen molar-refractivity contribution in [2.75, 3.05) is 11.1 Å². The summed E-state index contributed by atoms with van der Waals surface area (Å²) in [6.45, 7) is 5.17. The van der Waals surface area contributed by atoms with Gasteiger partial charge in [-0.05, 0) is 42.8 Å². The number of hydrogen-bond acceptors (Lipinski definition) is 6. The van der Waals surface area contributed by atoms with E-state index < -0.39 is 21.5 Å². The van der Waals surface area contributed by atoms with E-state index >= 15 is 4.39 Å². The maximum absolute atomic E-state index is 15.6. The summed E-state index contributed by atoms with van der Waals surface area (Å²) in [4.78, 5) is 20.5. The molecule has 0 fully saturated rings. The molecular formula is C27H22ClFN6O2S. The minimum absolute atomic E-state index is 0.215. The summed E-state index contributed by atoms with van der Waals surface area (Å²) < 4.78 is 34.4. The fourth-order valence-corrected chi connectivity index (χ4v) is 5.79. The van der Waals surface area contributed by atoms with Gasteiger partial charge >= 0.3 is 0 Å². The van der Waals surface area contributed by atoms with Gasteiger partial charge in [0, 0.05) is 40.3 Å². The second-order valence-electron chi connectivity index (χ2n) is 8.70. The van der Waals surface area contributed by atoms with Gasteiger partial charge < -0.3 is 15.6 Å². The van der Waals surface area contributed by atoms with Crippen molar-refractivity contribution in [3.8, 4) is 22.4 Å². The van der Waals surface area contributed by atoms with E-state index in [9.17, 15) is 9.00 Å². The molecule has 38 heavy (non-hydrogen) atoms. The molecular weight excluding hydrogens is 527 g/mol. The van der Waals surface area contributed by atoms with Crippen LogP contribution in [0.4, 0.5) is 21.6 Å². The number of carbonyl (C=O) groups is 1. The fraction of sp³-hybridized carbons (Fsp3) is 0.0741. The Balaban J connectivity index is 1.71. The van der Waals surface area contributed by atoms with Gasteiger partial charge in [-0.2, -0.15) is 4.36 Å². The van der Waals surface area contributed by atoms with Crippen LogP contribution in [0.25, 0.3) is 33.4 Å². The van der Waals surface area contributed by atoms with Crippen LogP contribution in [0.3, 0.4) is 0 Å². The maximum Gasteiger partial charge on any atom is 0.250 e. The number of aromatic nitrogens is 3. The smallest absolute Gasteiger partial charge is 0.250 e. The molecule has 4 aromatic rings. The topological polar surface area (TPSA) is 115 Å².